The fourth-order valence-corrected chi connectivity index (χ4v) is 1.59. The van der Waals surface area contributed by atoms with Gasteiger partial charge >= 0.3 is 0 Å². The van der Waals surface area contributed by atoms with Gasteiger partial charge in [-0.2, -0.15) is 0 Å². The van der Waals surface area contributed by atoms with Gasteiger partial charge in [0.15, 0.2) is 0 Å². The Labute approximate surface area is 97.2 Å². The molecule has 3 nitrogen and oxygen atoms in total. The van der Waals surface area contributed by atoms with Crippen LogP contribution in [0.15, 0.2) is 18.3 Å². The molecule has 2 rings (SSSR count). The first-order valence-electron chi connectivity index (χ1n) is 6.07. The predicted octanol–water partition coefficient (Wildman–Crippen LogP) is 2.30. The lowest BCUT2D eigenvalue weighted by Crippen LogP contribution is -2.23. The molecule has 1 aliphatic rings. The summed E-state index contributed by atoms with van der Waals surface area (Å²) < 4.78 is 5.77. The van der Waals surface area contributed by atoms with Crippen molar-refractivity contribution in [3.05, 3.63) is 24.0 Å². The van der Waals surface area contributed by atoms with Crippen LogP contribution in [0.3, 0.4) is 0 Å². The van der Waals surface area contributed by atoms with Crippen molar-refractivity contribution in [2.75, 3.05) is 6.54 Å². The Bertz CT molecular complexity index is 319. The van der Waals surface area contributed by atoms with E-state index in [0.29, 0.717) is 0 Å². The second-order valence-electron chi connectivity index (χ2n) is 4.58. The van der Waals surface area contributed by atoms with Crippen molar-refractivity contribution in [2.45, 2.75) is 45.3 Å². The average Bonchev–Trinajstić information content (AvgIpc) is 3.05. The number of nitrogens with zero attached hydrogens (tertiary/aromatic N) is 1. The molecule has 0 amide bonds. The van der Waals surface area contributed by atoms with Crippen molar-refractivity contribution in [3.8, 4) is 5.75 Å². The zero-order valence-electron chi connectivity index (χ0n) is 10.1. The molecular weight excluding hydrogens is 200 g/mol. The molecule has 1 aromatic rings. The number of aromatic nitrogens is 1. The molecule has 3 heteroatoms. The normalized spacial score (nSPS) is 17.1. The fourth-order valence-electron chi connectivity index (χ4n) is 1.59. The van der Waals surface area contributed by atoms with E-state index in [9.17, 15) is 0 Å². The Morgan fingerprint density at radius 3 is 2.94 bits per heavy atom. The molecule has 0 spiro atoms. The van der Waals surface area contributed by atoms with E-state index in [4.69, 9.17) is 4.74 Å². The first kappa shape index (κ1) is 11.4. The van der Waals surface area contributed by atoms with Crippen LogP contribution in [0.2, 0.25) is 0 Å². The molecule has 0 bridgehead atoms. The number of pyridine rings is 1. The number of hydrogen-bond acceptors (Lipinski definition) is 3. The van der Waals surface area contributed by atoms with E-state index in [2.05, 4.69) is 17.2 Å². The van der Waals surface area contributed by atoms with Gasteiger partial charge in [0.2, 0.25) is 0 Å². The molecule has 0 aliphatic heterocycles. The van der Waals surface area contributed by atoms with Crippen LogP contribution in [0.1, 0.15) is 31.9 Å². The van der Waals surface area contributed by atoms with Gasteiger partial charge in [-0.15, -0.1) is 0 Å². The van der Waals surface area contributed by atoms with Crippen molar-refractivity contribution in [2.24, 2.45) is 0 Å². The number of ether oxygens (including phenoxy) is 1. The third-order valence-corrected chi connectivity index (χ3v) is 2.78. The molecule has 1 unspecified atom stereocenters. The molecule has 0 radical (unpaired) electrons. The highest BCUT2D eigenvalue weighted by Crippen LogP contribution is 2.18. The zero-order valence-corrected chi connectivity index (χ0v) is 10.1. The first-order valence-corrected chi connectivity index (χ1v) is 6.07. The van der Waals surface area contributed by atoms with Crippen LogP contribution in [-0.4, -0.2) is 23.7 Å². The highest BCUT2D eigenvalue weighted by atomic mass is 16.5. The second kappa shape index (κ2) is 5.30. The summed E-state index contributed by atoms with van der Waals surface area (Å²) in [7, 11) is 0. The molecular formula is C13H20N2O. The van der Waals surface area contributed by atoms with E-state index in [0.717, 1.165) is 30.5 Å². The standard InChI is InChI=1S/C13H20N2O/c1-10-3-6-13(9-15-10)16-11(2)7-8-14-12-4-5-12/h3,6,9,11-12,14H,4-5,7-8H2,1-2H3. The summed E-state index contributed by atoms with van der Waals surface area (Å²) in [6.45, 7) is 5.13. The molecule has 0 aromatic carbocycles. The maximum atomic E-state index is 5.77. The van der Waals surface area contributed by atoms with E-state index in [1.54, 1.807) is 6.20 Å². The minimum absolute atomic E-state index is 0.246. The minimum Gasteiger partial charge on any atom is -0.489 e. The van der Waals surface area contributed by atoms with E-state index < -0.39 is 0 Å². The topological polar surface area (TPSA) is 34.1 Å². The van der Waals surface area contributed by atoms with Crippen LogP contribution < -0.4 is 10.1 Å². The van der Waals surface area contributed by atoms with Gasteiger partial charge in [0, 0.05) is 11.7 Å². The van der Waals surface area contributed by atoms with Gasteiger partial charge in [0.05, 0.1) is 12.3 Å². The van der Waals surface area contributed by atoms with Crippen molar-refractivity contribution < 1.29 is 4.74 Å². The Balaban J connectivity index is 1.68. The number of rotatable bonds is 6. The molecule has 1 saturated carbocycles. The van der Waals surface area contributed by atoms with Gasteiger partial charge in [0.1, 0.15) is 5.75 Å². The van der Waals surface area contributed by atoms with Gasteiger partial charge in [-0.25, -0.2) is 0 Å². The summed E-state index contributed by atoms with van der Waals surface area (Å²) in [6, 6.07) is 4.74. The van der Waals surface area contributed by atoms with Gasteiger partial charge < -0.3 is 10.1 Å². The molecule has 1 fully saturated rings. The largest absolute Gasteiger partial charge is 0.489 e. The summed E-state index contributed by atoms with van der Waals surface area (Å²) in [5.74, 6) is 0.865. The number of aryl methyl sites for hydroxylation is 1. The zero-order chi connectivity index (χ0) is 11.4. The Morgan fingerprint density at radius 2 is 2.31 bits per heavy atom. The lowest BCUT2D eigenvalue weighted by Gasteiger charge is -2.14. The molecule has 1 heterocycles. The molecule has 1 atom stereocenters. The van der Waals surface area contributed by atoms with Crippen molar-refractivity contribution >= 4 is 0 Å². The lowest BCUT2D eigenvalue weighted by atomic mass is 10.3. The highest BCUT2D eigenvalue weighted by Gasteiger charge is 2.20. The maximum absolute atomic E-state index is 5.77. The molecule has 0 saturated heterocycles. The molecule has 1 aromatic heterocycles. The van der Waals surface area contributed by atoms with Gasteiger partial charge in [-0.3, -0.25) is 4.98 Å². The van der Waals surface area contributed by atoms with Crippen LogP contribution in [0.25, 0.3) is 0 Å². The summed E-state index contributed by atoms with van der Waals surface area (Å²) in [5.41, 5.74) is 1.02. The highest BCUT2D eigenvalue weighted by molar-refractivity contribution is 5.19. The Hall–Kier alpha value is -1.09. The van der Waals surface area contributed by atoms with Crippen LogP contribution >= 0.6 is 0 Å². The SMILES string of the molecule is Cc1ccc(OC(C)CCNC2CC2)cn1. The summed E-state index contributed by atoms with van der Waals surface area (Å²) >= 11 is 0. The van der Waals surface area contributed by atoms with Crippen molar-refractivity contribution in [1.29, 1.82) is 0 Å². The molecule has 88 valence electrons. The molecule has 16 heavy (non-hydrogen) atoms. The Kier molecular flexibility index (Phi) is 3.78. The number of nitrogens with one attached hydrogen (secondary N) is 1. The van der Waals surface area contributed by atoms with Crippen molar-refractivity contribution in [1.82, 2.24) is 10.3 Å². The second-order valence-corrected chi connectivity index (χ2v) is 4.58. The summed E-state index contributed by atoms with van der Waals surface area (Å²) in [4.78, 5) is 4.21. The lowest BCUT2D eigenvalue weighted by molar-refractivity contribution is 0.209. The third-order valence-electron chi connectivity index (χ3n) is 2.78. The van der Waals surface area contributed by atoms with E-state index >= 15 is 0 Å². The predicted molar refractivity (Wildman–Crippen MR) is 64.7 cm³/mol. The maximum Gasteiger partial charge on any atom is 0.138 e. The molecule has 1 N–H and O–H groups in total. The van der Waals surface area contributed by atoms with Crippen LogP contribution in [-0.2, 0) is 0 Å². The monoisotopic (exact) mass is 220 g/mol. The van der Waals surface area contributed by atoms with E-state index in [1.807, 2.05) is 19.1 Å². The van der Waals surface area contributed by atoms with E-state index in [1.165, 1.54) is 12.8 Å². The van der Waals surface area contributed by atoms with Crippen LogP contribution in [0.4, 0.5) is 0 Å². The van der Waals surface area contributed by atoms with Crippen LogP contribution in [0, 0.1) is 6.92 Å². The van der Waals surface area contributed by atoms with Crippen LogP contribution in [0.5, 0.6) is 5.75 Å². The average molecular weight is 220 g/mol. The quantitative estimate of drug-likeness (QED) is 0.798. The van der Waals surface area contributed by atoms with Crippen molar-refractivity contribution in [3.63, 3.8) is 0 Å². The molecule has 1 aliphatic carbocycles. The van der Waals surface area contributed by atoms with Gasteiger partial charge in [0.25, 0.3) is 0 Å². The fraction of sp³-hybridized carbons (Fsp3) is 0.615. The number of hydrogen-bond donors (Lipinski definition) is 1. The first-order chi connectivity index (χ1) is 7.74. The third kappa shape index (κ3) is 3.81. The summed E-state index contributed by atoms with van der Waals surface area (Å²) in [5, 5.41) is 3.49. The van der Waals surface area contributed by atoms with Gasteiger partial charge in [-0.1, -0.05) is 0 Å². The van der Waals surface area contributed by atoms with Gasteiger partial charge in [-0.05, 0) is 51.8 Å². The smallest absolute Gasteiger partial charge is 0.138 e. The minimum atomic E-state index is 0.246. The van der Waals surface area contributed by atoms with E-state index in [-0.39, 0.29) is 6.10 Å². The Morgan fingerprint density at radius 1 is 1.50 bits per heavy atom. The summed E-state index contributed by atoms with van der Waals surface area (Å²) in [6.07, 6.45) is 5.77.